The number of hydrogen-bond donors (Lipinski definition) is 1. The molecule has 0 fully saturated rings. The lowest BCUT2D eigenvalue weighted by Crippen LogP contribution is -2.29. The summed E-state index contributed by atoms with van der Waals surface area (Å²) in [7, 11) is 1.77. The Kier molecular flexibility index (Phi) is 3.85. The van der Waals surface area contributed by atoms with Gasteiger partial charge in [-0.2, -0.15) is 0 Å². The summed E-state index contributed by atoms with van der Waals surface area (Å²) in [5.74, 6) is 0. The molecule has 19 heavy (non-hydrogen) atoms. The van der Waals surface area contributed by atoms with E-state index in [1.165, 1.54) is 28.8 Å². The molecule has 0 aromatic heterocycles. The molecule has 0 saturated carbocycles. The average molecular weight is 258 g/mol. The van der Waals surface area contributed by atoms with Gasteiger partial charge in [0.1, 0.15) is 0 Å². The van der Waals surface area contributed by atoms with E-state index in [-0.39, 0.29) is 0 Å². The largest absolute Gasteiger partial charge is 0.384 e. The van der Waals surface area contributed by atoms with Crippen LogP contribution < -0.4 is 5.32 Å². The fraction of sp³-hybridized carbons (Fsp3) is 0.500. The molecule has 0 radical (unpaired) electrons. The number of rotatable bonds is 4. The lowest BCUT2D eigenvalue weighted by molar-refractivity contribution is 0.210. The van der Waals surface area contributed by atoms with Gasteiger partial charge < -0.3 is 10.1 Å². The van der Waals surface area contributed by atoms with Gasteiger partial charge in [-0.05, 0) is 35.6 Å². The van der Waals surface area contributed by atoms with E-state index < -0.39 is 0 Å². The van der Waals surface area contributed by atoms with Crippen LogP contribution in [0.15, 0.2) is 29.8 Å². The van der Waals surface area contributed by atoms with Crippen LogP contribution >= 0.6 is 0 Å². The minimum atomic E-state index is 0.790. The molecule has 0 spiro atoms. The molecule has 0 unspecified atom stereocenters. The molecule has 0 saturated heterocycles. The third kappa shape index (κ3) is 2.99. The van der Waals surface area contributed by atoms with E-state index in [4.69, 9.17) is 4.74 Å². The highest BCUT2D eigenvalue weighted by Crippen LogP contribution is 2.24. The second kappa shape index (κ2) is 5.76. The Balaban J connectivity index is 1.60. The molecule has 3 heteroatoms. The highest BCUT2D eigenvalue weighted by molar-refractivity contribution is 5.56. The van der Waals surface area contributed by atoms with Gasteiger partial charge >= 0.3 is 0 Å². The number of fused-ring (bicyclic) bond motifs is 1. The van der Waals surface area contributed by atoms with Crippen molar-refractivity contribution in [1.29, 1.82) is 0 Å². The topological polar surface area (TPSA) is 24.5 Å². The van der Waals surface area contributed by atoms with Gasteiger partial charge in [-0.15, -0.1) is 0 Å². The minimum Gasteiger partial charge on any atom is -0.384 e. The normalized spacial score (nSPS) is 18.9. The Bertz CT molecular complexity index is 482. The van der Waals surface area contributed by atoms with Crippen LogP contribution in [0.4, 0.5) is 5.69 Å². The molecule has 2 aliphatic heterocycles. The van der Waals surface area contributed by atoms with E-state index in [9.17, 15) is 0 Å². The molecule has 1 aromatic carbocycles. The van der Waals surface area contributed by atoms with Crippen molar-refractivity contribution >= 4 is 5.69 Å². The molecule has 2 aliphatic rings. The zero-order valence-corrected chi connectivity index (χ0v) is 11.6. The third-order valence-electron chi connectivity index (χ3n) is 4.00. The van der Waals surface area contributed by atoms with Gasteiger partial charge in [-0.3, -0.25) is 4.90 Å². The lowest BCUT2D eigenvalue weighted by Gasteiger charge is -2.26. The summed E-state index contributed by atoms with van der Waals surface area (Å²) in [6, 6.07) is 6.85. The number of nitrogens with zero attached hydrogens (tertiary/aromatic N) is 1. The second-order valence-electron chi connectivity index (χ2n) is 5.45. The third-order valence-corrected chi connectivity index (χ3v) is 4.00. The maximum absolute atomic E-state index is 5.19. The van der Waals surface area contributed by atoms with Crippen molar-refractivity contribution in [3.63, 3.8) is 0 Å². The van der Waals surface area contributed by atoms with Gasteiger partial charge in [0, 0.05) is 39.0 Å². The highest BCUT2D eigenvalue weighted by atomic mass is 16.5. The van der Waals surface area contributed by atoms with Crippen LogP contribution in [0, 0.1) is 0 Å². The summed E-state index contributed by atoms with van der Waals surface area (Å²) in [6.45, 7) is 5.13. The first kappa shape index (κ1) is 12.7. The highest BCUT2D eigenvalue weighted by Gasteiger charge is 2.14. The molecular weight excluding hydrogens is 236 g/mol. The SMILES string of the molecule is COCC1=CCN(Cc2ccc3c(c2)CCN3)CC1. The lowest BCUT2D eigenvalue weighted by atomic mass is 10.1. The van der Waals surface area contributed by atoms with Crippen LogP contribution in [0.25, 0.3) is 0 Å². The van der Waals surface area contributed by atoms with E-state index in [0.29, 0.717) is 0 Å². The maximum atomic E-state index is 5.19. The van der Waals surface area contributed by atoms with Gasteiger partial charge in [0.2, 0.25) is 0 Å². The Morgan fingerprint density at radius 2 is 2.26 bits per heavy atom. The van der Waals surface area contributed by atoms with Crippen LogP contribution in [0.1, 0.15) is 17.5 Å². The zero-order chi connectivity index (χ0) is 13.1. The fourth-order valence-electron chi connectivity index (χ4n) is 2.93. The number of benzene rings is 1. The Hall–Kier alpha value is -1.32. The second-order valence-corrected chi connectivity index (χ2v) is 5.45. The molecule has 0 bridgehead atoms. The Morgan fingerprint density at radius 3 is 3.05 bits per heavy atom. The maximum Gasteiger partial charge on any atom is 0.0673 e. The molecule has 3 nitrogen and oxygen atoms in total. The number of anilines is 1. The van der Waals surface area contributed by atoms with Gasteiger partial charge in [-0.25, -0.2) is 0 Å². The van der Waals surface area contributed by atoms with Crippen molar-refractivity contribution < 1.29 is 4.74 Å². The summed E-state index contributed by atoms with van der Waals surface area (Å²) < 4.78 is 5.19. The standard InChI is InChI=1S/C16H22N2O/c1-19-12-13-5-8-18(9-6-13)11-14-2-3-16-15(10-14)4-7-17-16/h2-3,5,10,17H,4,6-9,11-12H2,1H3. The quantitative estimate of drug-likeness (QED) is 0.840. The minimum absolute atomic E-state index is 0.790. The first-order chi connectivity index (χ1) is 9.35. The zero-order valence-electron chi connectivity index (χ0n) is 11.6. The van der Waals surface area contributed by atoms with Gasteiger partial charge in [0.05, 0.1) is 6.61 Å². The number of ether oxygens (including phenoxy) is 1. The summed E-state index contributed by atoms with van der Waals surface area (Å²) in [5, 5.41) is 3.41. The smallest absolute Gasteiger partial charge is 0.0673 e. The van der Waals surface area contributed by atoms with Crippen molar-refractivity contribution in [1.82, 2.24) is 4.90 Å². The Labute approximate surface area is 115 Å². The monoisotopic (exact) mass is 258 g/mol. The van der Waals surface area contributed by atoms with Crippen molar-refractivity contribution in [2.75, 3.05) is 38.7 Å². The summed E-state index contributed by atoms with van der Waals surface area (Å²) in [6.07, 6.45) is 4.63. The van der Waals surface area contributed by atoms with Crippen molar-refractivity contribution in [3.8, 4) is 0 Å². The molecule has 2 heterocycles. The van der Waals surface area contributed by atoms with E-state index in [1.54, 1.807) is 7.11 Å². The van der Waals surface area contributed by atoms with Gasteiger partial charge in [0.25, 0.3) is 0 Å². The van der Waals surface area contributed by atoms with Crippen LogP contribution in [-0.4, -0.2) is 38.3 Å². The van der Waals surface area contributed by atoms with Crippen LogP contribution in [0.2, 0.25) is 0 Å². The number of nitrogens with one attached hydrogen (secondary N) is 1. The molecule has 0 amide bonds. The Morgan fingerprint density at radius 1 is 1.32 bits per heavy atom. The van der Waals surface area contributed by atoms with Crippen LogP contribution in [0.3, 0.4) is 0 Å². The first-order valence-electron chi connectivity index (χ1n) is 7.10. The van der Waals surface area contributed by atoms with Gasteiger partial charge in [-0.1, -0.05) is 18.2 Å². The molecular formula is C16H22N2O. The predicted molar refractivity (Wildman–Crippen MR) is 78.5 cm³/mol. The molecule has 0 aliphatic carbocycles. The average Bonchev–Trinajstić information content (AvgIpc) is 2.89. The number of methoxy groups -OCH3 is 1. The fourth-order valence-corrected chi connectivity index (χ4v) is 2.93. The van der Waals surface area contributed by atoms with Crippen LogP contribution in [0.5, 0.6) is 0 Å². The van der Waals surface area contributed by atoms with Crippen LogP contribution in [-0.2, 0) is 17.7 Å². The molecule has 1 N–H and O–H groups in total. The van der Waals surface area contributed by atoms with Crippen molar-refractivity contribution in [3.05, 3.63) is 41.0 Å². The molecule has 102 valence electrons. The molecule has 1 aromatic rings. The van der Waals surface area contributed by atoms with E-state index in [2.05, 4.69) is 34.5 Å². The summed E-state index contributed by atoms with van der Waals surface area (Å²) in [4.78, 5) is 2.50. The number of hydrogen-bond acceptors (Lipinski definition) is 3. The predicted octanol–water partition coefficient (Wildman–Crippen LogP) is 2.43. The van der Waals surface area contributed by atoms with Crippen molar-refractivity contribution in [2.45, 2.75) is 19.4 Å². The molecule has 0 atom stereocenters. The van der Waals surface area contributed by atoms with Crippen molar-refractivity contribution in [2.24, 2.45) is 0 Å². The molecule has 3 rings (SSSR count). The van der Waals surface area contributed by atoms with E-state index >= 15 is 0 Å². The first-order valence-corrected chi connectivity index (χ1v) is 7.10. The summed E-state index contributed by atoms with van der Waals surface area (Å²) in [5.41, 5.74) is 5.68. The van der Waals surface area contributed by atoms with Gasteiger partial charge in [0.15, 0.2) is 0 Å². The van der Waals surface area contributed by atoms with E-state index in [1.807, 2.05) is 0 Å². The van der Waals surface area contributed by atoms with E-state index in [0.717, 1.165) is 39.2 Å². The summed E-state index contributed by atoms with van der Waals surface area (Å²) >= 11 is 0.